The van der Waals surface area contributed by atoms with E-state index in [1.807, 2.05) is 60.7 Å². The molecule has 3 aromatic rings. The number of azo groups is 1. The standard InChI is InChI=1S/C19H16N2O2/c22-19-12-11-17(23-14-15-7-3-1-4-8-15)13-18(19)21-20-16-9-5-2-6-10-16/h1-13,22H,14H2. The van der Waals surface area contributed by atoms with Crippen LogP contribution < -0.4 is 4.74 Å². The van der Waals surface area contributed by atoms with Crippen molar-refractivity contribution in [1.82, 2.24) is 0 Å². The van der Waals surface area contributed by atoms with Gasteiger partial charge in [0.05, 0.1) is 5.69 Å². The molecular formula is C19H16N2O2. The second kappa shape index (κ2) is 7.22. The number of ether oxygens (including phenoxy) is 1. The Kier molecular flexibility index (Phi) is 4.64. The van der Waals surface area contributed by atoms with Crippen molar-refractivity contribution in [2.24, 2.45) is 10.2 Å². The molecule has 0 fully saturated rings. The maximum absolute atomic E-state index is 9.89. The molecule has 0 unspecified atom stereocenters. The fraction of sp³-hybridized carbons (Fsp3) is 0.0526. The number of rotatable bonds is 5. The van der Waals surface area contributed by atoms with Crippen LogP contribution >= 0.6 is 0 Å². The third-order valence-electron chi connectivity index (χ3n) is 3.22. The molecule has 0 heterocycles. The summed E-state index contributed by atoms with van der Waals surface area (Å²) in [6, 6.07) is 24.2. The van der Waals surface area contributed by atoms with Gasteiger partial charge in [-0.1, -0.05) is 48.5 Å². The molecular weight excluding hydrogens is 288 g/mol. The number of nitrogens with zero attached hydrogens (tertiary/aromatic N) is 2. The van der Waals surface area contributed by atoms with E-state index in [0.717, 1.165) is 11.3 Å². The fourth-order valence-electron chi connectivity index (χ4n) is 2.02. The van der Waals surface area contributed by atoms with Gasteiger partial charge in [0, 0.05) is 6.07 Å². The Bertz CT molecular complexity index is 787. The number of hydrogen-bond acceptors (Lipinski definition) is 4. The number of hydrogen-bond donors (Lipinski definition) is 1. The first-order chi connectivity index (χ1) is 11.3. The molecule has 0 atom stereocenters. The van der Waals surface area contributed by atoms with Crippen LogP contribution in [0, 0.1) is 0 Å². The smallest absolute Gasteiger partial charge is 0.143 e. The van der Waals surface area contributed by atoms with E-state index in [-0.39, 0.29) is 5.75 Å². The Balaban J connectivity index is 1.73. The quantitative estimate of drug-likeness (QED) is 0.643. The van der Waals surface area contributed by atoms with Gasteiger partial charge >= 0.3 is 0 Å². The highest BCUT2D eigenvalue weighted by Gasteiger charge is 2.03. The van der Waals surface area contributed by atoms with Crippen molar-refractivity contribution in [2.75, 3.05) is 0 Å². The Hall–Kier alpha value is -3.14. The Labute approximate surface area is 134 Å². The molecule has 0 radical (unpaired) electrons. The highest BCUT2D eigenvalue weighted by Crippen LogP contribution is 2.32. The molecule has 0 aromatic heterocycles. The van der Waals surface area contributed by atoms with Crippen molar-refractivity contribution in [1.29, 1.82) is 0 Å². The summed E-state index contributed by atoms with van der Waals surface area (Å²) in [5.74, 6) is 0.699. The zero-order valence-corrected chi connectivity index (χ0v) is 12.5. The van der Waals surface area contributed by atoms with Gasteiger partial charge in [0.1, 0.15) is 23.8 Å². The molecule has 0 amide bonds. The first kappa shape index (κ1) is 14.8. The van der Waals surface area contributed by atoms with E-state index in [9.17, 15) is 5.11 Å². The van der Waals surface area contributed by atoms with Crippen LogP contribution in [-0.4, -0.2) is 5.11 Å². The lowest BCUT2D eigenvalue weighted by atomic mass is 10.2. The predicted octanol–water partition coefficient (Wildman–Crippen LogP) is 5.39. The van der Waals surface area contributed by atoms with Crippen LogP contribution in [0.5, 0.6) is 11.5 Å². The molecule has 0 aliphatic heterocycles. The molecule has 23 heavy (non-hydrogen) atoms. The number of phenols is 1. The lowest BCUT2D eigenvalue weighted by Gasteiger charge is -2.07. The number of benzene rings is 3. The topological polar surface area (TPSA) is 54.2 Å². The lowest BCUT2D eigenvalue weighted by Crippen LogP contribution is -1.94. The van der Waals surface area contributed by atoms with Gasteiger partial charge in [0.25, 0.3) is 0 Å². The highest BCUT2D eigenvalue weighted by molar-refractivity contribution is 5.54. The molecule has 0 aliphatic rings. The molecule has 0 aliphatic carbocycles. The molecule has 3 rings (SSSR count). The maximum atomic E-state index is 9.89. The van der Waals surface area contributed by atoms with Gasteiger partial charge in [-0.05, 0) is 29.8 Å². The van der Waals surface area contributed by atoms with Gasteiger partial charge in [-0.15, -0.1) is 5.11 Å². The first-order valence-electron chi connectivity index (χ1n) is 7.28. The van der Waals surface area contributed by atoms with Crippen LogP contribution in [0.15, 0.2) is 89.1 Å². The molecule has 4 nitrogen and oxygen atoms in total. The highest BCUT2D eigenvalue weighted by atomic mass is 16.5. The van der Waals surface area contributed by atoms with Crippen molar-refractivity contribution in [2.45, 2.75) is 6.61 Å². The molecule has 0 spiro atoms. The van der Waals surface area contributed by atoms with Crippen molar-refractivity contribution in [3.63, 3.8) is 0 Å². The van der Waals surface area contributed by atoms with E-state index >= 15 is 0 Å². The van der Waals surface area contributed by atoms with Gasteiger partial charge in [-0.25, -0.2) is 0 Å². The second-order valence-corrected chi connectivity index (χ2v) is 4.96. The van der Waals surface area contributed by atoms with E-state index in [2.05, 4.69) is 10.2 Å². The SMILES string of the molecule is Oc1ccc(OCc2ccccc2)cc1N=Nc1ccccc1. The monoisotopic (exact) mass is 304 g/mol. The fourth-order valence-corrected chi connectivity index (χ4v) is 2.02. The zero-order valence-electron chi connectivity index (χ0n) is 12.5. The summed E-state index contributed by atoms with van der Waals surface area (Å²) in [5.41, 5.74) is 2.18. The summed E-state index contributed by atoms with van der Waals surface area (Å²) in [6.07, 6.45) is 0. The van der Waals surface area contributed by atoms with Gasteiger partial charge in [0.2, 0.25) is 0 Å². The van der Waals surface area contributed by atoms with Gasteiger partial charge in [-0.3, -0.25) is 0 Å². The van der Waals surface area contributed by atoms with Crippen LogP contribution in [0.3, 0.4) is 0 Å². The Morgan fingerprint density at radius 2 is 1.48 bits per heavy atom. The third-order valence-corrected chi connectivity index (χ3v) is 3.22. The molecule has 1 N–H and O–H groups in total. The summed E-state index contributed by atoms with van der Waals surface area (Å²) in [4.78, 5) is 0. The Morgan fingerprint density at radius 3 is 2.22 bits per heavy atom. The summed E-state index contributed by atoms with van der Waals surface area (Å²) in [6.45, 7) is 0.459. The van der Waals surface area contributed by atoms with Crippen molar-refractivity contribution < 1.29 is 9.84 Å². The summed E-state index contributed by atoms with van der Waals surface area (Å²) in [5, 5.41) is 18.1. The van der Waals surface area contributed by atoms with Crippen LogP contribution in [0.4, 0.5) is 11.4 Å². The van der Waals surface area contributed by atoms with Crippen LogP contribution in [0.1, 0.15) is 5.56 Å². The molecule has 0 bridgehead atoms. The summed E-state index contributed by atoms with van der Waals surface area (Å²) < 4.78 is 5.73. The third kappa shape index (κ3) is 4.17. The average Bonchev–Trinajstić information content (AvgIpc) is 2.62. The van der Waals surface area contributed by atoms with E-state index < -0.39 is 0 Å². The largest absolute Gasteiger partial charge is 0.506 e. The van der Waals surface area contributed by atoms with Gasteiger partial charge < -0.3 is 9.84 Å². The molecule has 0 saturated carbocycles. The Morgan fingerprint density at radius 1 is 0.783 bits per heavy atom. The van der Waals surface area contributed by atoms with E-state index in [4.69, 9.17) is 4.74 Å². The summed E-state index contributed by atoms with van der Waals surface area (Å²) >= 11 is 0. The molecule has 0 saturated heterocycles. The zero-order chi connectivity index (χ0) is 15.9. The minimum absolute atomic E-state index is 0.0664. The van der Waals surface area contributed by atoms with Crippen LogP contribution in [0.2, 0.25) is 0 Å². The maximum Gasteiger partial charge on any atom is 0.143 e. The minimum Gasteiger partial charge on any atom is -0.506 e. The number of phenolic OH excluding ortho intramolecular Hbond substituents is 1. The molecule has 3 aromatic carbocycles. The normalized spacial score (nSPS) is 10.8. The molecule has 4 heteroatoms. The predicted molar refractivity (Wildman–Crippen MR) is 89.5 cm³/mol. The second-order valence-electron chi connectivity index (χ2n) is 4.96. The van der Waals surface area contributed by atoms with E-state index in [1.54, 1.807) is 18.2 Å². The average molecular weight is 304 g/mol. The molecule has 114 valence electrons. The summed E-state index contributed by atoms with van der Waals surface area (Å²) in [7, 11) is 0. The van der Waals surface area contributed by atoms with E-state index in [0.29, 0.717) is 18.0 Å². The van der Waals surface area contributed by atoms with Crippen LogP contribution in [0.25, 0.3) is 0 Å². The van der Waals surface area contributed by atoms with Gasteiger partial charge in [0.15, 0.2) is 0 Å². The van der Waals surface area contributed by atoms with Crippen molar-refractivity contribution in [3.05, 3.63) is 84.4 Å². The number of aromatic hydroxyl groups is 1. The van der Waals surface area contributed by atoms with E-state index in [1.165, 1.54) is 0 Å². The van der Waals surface area contributed by atoms with Gasteiger partial charge in [-0.2, -0.15) is 5.11 Å². The van der Waals surface area contributed by atoms with Crippen molar-refractivity contribution in [3.8, 4) is 11.5 Å². The first-order valence-corrected chi connectivity index (χ1v) is 7.28. The van der Waals surface area contributed by atoms with Crippen molar-refractivity contribution >= 4 is 11.4 Å². The lowest BCUT2D eigenvalue weighted by molar-refractivity contribution is 0.306. The minimum atomic E-state index is 0.0664. The van der Waals surface area contributed by atoms with Crippen LogP contribution in [-0.2, 0) is 6.61 Å².